The Morgan fingerprint density at radius 3 is 2.86 bits per heavy atom. The van der Waals surface area contributed by atoms with Crippen molar-refractivity contribution in [2.45, 2.75) is 20.4 Å². The largest absolute Gasteiger partial charge is 0.423 e. The highest BCUT2D eigenvalue weighted by Crippen LogP contribution is 2.24. The summed E-state index contributed by atoms with van der Waals surface area (Å²) in [5.74, 6) is 0.0716. The number of nitrogen functional groups attached to an aromatic ring is 1. The second kappa shape index (κ2) is 5.00. The SMILES string of the molecule is Cc1cc(C)c2c(Cn3nnc(N)c3C#N)cc(=O)oc2c1. The molecule has 2 heterocycles. The molecule has 7 heteroatoms. The minimum Gasteiger partial charge on any atom is -0.423 e. The number of benzene rings is 1. The fourth-order valence-corrected chi connectivity index (χ4v) is 2.61. The van der Waals surface area contributed by atoms with E-state index in [0.29, 0.717) is 11.1 Å². The highest BCUT2D eigenvalue weighted by Gasteiger charge is 2.14. The average Bonchev–Trinajstić information content (AvgIpc) is 2.77. The first kappa shape index (κ1) is 13.8. The Kier molecular flexibility index (Phi) is 3.14. The fraction of sp³-hybridized carbons (Fsp3) is 0.200. The first-order valence-electron chi connectivity index (χ1n) is 6.62. The zero-order valence-corrected chi connectivity index (χ0v) is 12.1. The summed E-state index contributed by atoms with van der Waals surface area (Å²) in [4.78, 5) is 11.8. The standard InChI is InChI=1S/C15H13N5O2/c1-8-3-9(2)14-10(5-13(21)22-12(14)4-8)7-20-11(6-16)15(17)18-19-20/h3-5H,7,17H2,1-2H3. The summed E-state index contributed by atoms with van der Waals surface area (Å²) in [6.07, 6.45) is 0. The van der Waals surface area contributed by atoms with Gasteiger partial charge in [0.2, 0.25) is 0 Å². The summed E-state index contributed by atoms with van der Waals surface area (Å²) >= 11 is 0. The number of nitrogens with zero attached hydrogens (tertiary/aromatic N) is 4. The van der Waals surface area contributed by atoms with Crippen molar-refractivity contribution in [1.29, 1.82) is 5.26 Å². The maximum Gasteiger partial charge on any atom is 0.336 e. The van der Waals surface area contributed by atoms with Gasteiger partial charge >= 0.3 is 5.63 Å². The predicted octanol–water partition coefficient (Wildman–Crippen LogP) is 1.50. The molecule has 22 heavy (non-hydrogen) atoms. The molecule has 0 saturated carbocycles. The average molecular weight is 295 g/mol. The van der Waals surface area contributed by atoms with Crippen LogP contribution < -0.4 is 11.4 Å². The summed E-state index contributed by atoms with van der Waals surface area (Å²) in [5.41, 5.74) is 8.55. The molecule has 0 spiro atoms. The lowest BCUT2D eigenvalue weighted by molar-refractivity contribution is 0.554. The summed E-state index contributed by atoms with van der Waals surface area (Å²) in [7, 11) is 0. The maximum atomic E-state index is 11.8. The quantitative estimate of drug-likeness (QED) is 0.717. The molecule has 2 N–H and O–H groups in total. The van der Waals surface area contributed by atoms with E-state index in [-0.39, 0.29) is 18.1 Å². The molecule has 0 unspecified atom stereocenters. The Balaban J connectivity index is 2.23. The van der Waals surface area contributed by atoms with Gasteiger partial charge in [-0.15, -0.1) is 5.10 Å². The Morgan fingerprint density at radius 1 is 1.36 bits per heavy atom. The van der Waals surface area contributed by atoms with Gasteiger partial charge in [-0.1, -0.05) is 11.3 Å². The van der Waals surface area contributed by atoms with Crippen LogP contribution in [0.3, 0.4) is 0 Å². The highest BCUT2D eigenvalue weighted by molar-refractivity contribution is 5.84. The third-order valence-electron chi connectivity index (χ3n) is 3.45. The molecule has 0 aliphatic carbocycles. The van der Waals surface area contributed by atoms with Crippen LogP contribution in [-0.2, 0) is 6.54 Å². The number of aryl methyl sites for hydroxylation is 2. The molecule has 0 amide bonds. The van der Waals surface area contributed by atoms with Crippen molar-refractivity contribution in [2.75, 3.05) is 5.73 Å². The number of aromatic nitrogens is 3. The summed E-state index contributed by atoms with van der Waals surface area (Å²) < 4.78 is 6.65. The maximum absolute atomic E-state index is 11.8. The van der Waals surface area contributed by atoms with Gasteiger partial charge in [0.25, 0.3) is 0 Å². The molecule has 2 aromatic heterocycles. The molecular weight excluding hydrogens is 282 g/mol. The van der Waals surface area contributed by atoms with Gasteiger partial charge in [0, 0.05) is 11.5 Å². The van der Waals surface area contributed by atoms with Gasteiger partial charge in [-0.3, -0.25) is 0 Å². The summed E-state index contributed by atoms with van der Waals surface area (Å²) in [6.45, 7) is 4.10. The van der Waals surface area contributed by atoms with E-state index in [2.05, 4.69) is 10.3 Å². The van der Waals surface area contributed by atoms with E-state index in [1.807, 2.05) is 32.0 Å². The number of fused-ring (bicyclic) bond motifs is 1. The van der Waals surface area contributed by atoms with E-state index < -0.39 is 5.63 Å². The predicted molar refractivity (Wildman–Crippen MR) is 80.2 cm³/mol. The molecule has 0 fully saturated rings. The van der Waals surface area contributed by atoms with Crippen molar-refractivity contribution in [2.24, 2.45) is 0 Å². The van der Waals surface area contributed by atoms with Crippen LogP contribution in [0.5, 0.6) is 0 Å². The molecule has 0 aliphatic rings. The van der Waals surface area contributed by atoms with Crippen LogP contribution in [0.2, 0.25) is 0 Å². The first-order valence-corrected chi connectivity index (χ1v) is 6.62. The van der Waals surface area contributed by atoms with E-state index in [0.717, 1.165) is 16.5 Å². The van der Waals surface area contributed by atoms with Crippen LogP contribution in [0, 0.1) is 25.2 Å². The van der Waals surface area contributed by atoms with Crippen LogP contribution in [0.15, 0.2) is 27.4 Å². The lowest BCUT2D eigenvalue weighted by Gasteiger charge is -2.09. The van der Waals surface area contributed by atoms with Gasteiger partial charge in [-0.05, 0) is 36.6 Å². The van der Waals surface area contributed by atoms with E-state index >= 15 is 0 Å². The number of hydrogen-bond acceptors (Lipinski definition) is 6. The van der Waals surface area contributed by atoms with Crippen LogP contribution in [0.4, 0.5) is 5.82 Å². The Morgan fingerprint density at radius 2 is 2.14 bits per heavy atom. The molecule has 3 aromatic rings. The molecule has 0 radical (unpaired) electrons. The van der Waals surface area contributed by atoms with E-state index in [1.54, 1.807) is 0 Å². The minimum absolute atomic E-state index is 0.0716. The normalized spacial score (nSPS) is 10.8. The first-order chi connectivity index (χ1) is 10.5. The van der Waals surface area contributed by atoms with Crippen molar-refractivity contribution >= 4 is 16.8 Å². The number of nitrogens with two attached hydrogens (primary N) is 1. The molecule has 0 saturated heterocycles. The van der Waals surface area contributed by atoms with Gasteiger partial charge in [0.05, 0.1) is 6.54 Å². The molecule has 1 aromatic carbocycles. The molecule has 0 aliphatic heterocycles. The van der Waals surface area contributed by atoms with Crippen molar-refractivity contribution in [3.05, 3.63) is 51.0 Å². The number of hydrogen-bond donors (Lipinski definition) is 1. The van der Waals surface area contributed by atoms with Crippen LogP contribution in [-0.4, -0.2) is 15.0 Å². The van der Waals surface area contributed by atoms with E-state index in [4.69, 9.17) is 15.4 Å². The fourth-order valence-electron chi connectivity index (χ4n) is 2.61. The van der Waals surface area contributed by atoms with E-state index in [1.165, 1.54) is 10.7 Å². The van der Waals surface area contributed by atoms with E-state index in [9.17, 15) is 4.79 Å². The molecule has 3 rings (SSSR count). The van der Waals surface area contributed by atoms with Crippen molar-refractivity contribution in [1.82, 2.24) is 15.0 Å². The Bertz CT molecular complexity index is 978. The molecule has 7 nitrogen and oxygen atoms in total. The van der Waals surface area contributed by atoms with Gasteiger partial charge in [-0.2, -0.15) is 5.26 Å². The summed E-state index contributed by atoms with van der Waals surface area (Å²) in [5, 5.41) is 17.5. The Labute approximate surface area is 125 Å². The number of nitriles is 1. The lowest BCUT2D eigenvalue weighted by atomic mass is 10.0. The molecule has 0 atom stereocenters. The van der Waals surface area contributed by atoms with Gasteiger partial charge < -0.3 is 10.2 Å². The Hall–Kier alpha value is -3.14. The van der Waals surface area contributed by atoms with Crippen molar-refractivity contribution in [3.8, 4) is 6.07 Å². The smallest absolute Gasteiger partial charge is 0.336 e. The van der Waals surface area contributed by atoms with Gasteiger partial charge in [-0.25, -0.2) is 9.48 Å². The number of anilines is 1. The third-order valence-corrected chi connectivity index (χ3v) is 3.45. The lowest BCUT2D eigenvalue weighted by Crippen LogP contribution is -2.09. The second-order valence-electron chi connectivity index (χ2n) is 5.14. The van der Waals surface area contributed by atoms with Crippen LogP contribution >= 0.6 is 0 Å². The number of rotatable bonds is 2. The molecule has 110 valence electrons. The third kappa shape index (κ3) is 2.20. The van der Waals surface area contributed by atoms with Crippen LogP contribution in [0.1, 0.15) is 22.4 Å². The van der Waals surface area contributed by atoms with Crippen molar-refractivity contribution in [3.63, 3.8) is 0 Å². The highest BCUT2D eigenvalue weighted by atomic mass is 16.4. The van der Waals surface area contributed by atoms with Crippen LogP contribution in [0.25, 0.3) is 11.0 Å². The molecular formula is C15H13N5O2. The summed E-state index contributed by atoms with van der Waals surface area (Å²) in [6, 6.07) is 7.19. The minimum atomic E-state index is -0.445. The second-order valence-corrected chi connectivity index (χ2v) is 5.14. The zero-order valence-electron chi connectivity index (χ0n) is 12.1. The van der Waals surface area contributed by atoms with Gasteiger partial charge in [0.15, 0.2) is 11.5 Å². The topological polar surface area (TPSA) is 111 Å². The molecule has 0 bridgehead atoms. The monoisotopic (exact) mass is 295 g/mol. The zero-order chi connectivity index (χ0) is 15.9. The van der Waals surface area contributed by atoms with Crippen molar-refractivity contribution < 1.29 is 4.42 Å². The van der Waals surface area contributed by atoms with Gasteiger partial charge in [0.1, 0.15) is 11.7 Å².